The van der Waals surface area contributed by atoms with Gasteiger partial charge in [-0.05, 0) is 39.0 Å². The predicted octanol–water partition coefficient (Wildman–Crippen LogP) is 0.901. The predicted molar refractivity (Wildman–Crippen MR) is 103 cm³/mol. The molecule has 6 nitrogen and oxygen atoms in total. The summed E-state index contributed by atoms with van der Waals surface area (Å²) in [6, 6.07) is -0.178. The lowest BCUT2D eigenvalue weighted by Gasteiger charge is -2.39. The van der Waals surface area contributed by atoms with Crippen LogP contribution < -0.4 is 5.32 Å². The molecule has 0 radical (unpaired) electrons. The summed E-state index contributed by atoms with van der Waals surface area (Å²) >= 11 is 0. The smallest absolute Gasteiger partial charge is 0.239 e. The van der Waals surface area contributed by atoms with Gasteiger partial charge in [-0.1, -0.05) is 0 Å². The molecule has 25 heavy (non-hydrogen) atoms. The maximum atomic E-state index is 12.5. The second-order valence-electron chi connectivity index (χ2n) is 7.59. The van der Waals surface area contributed by atoms with E-state index in [4.69, 9.17) is 4.74 Å². The number of morpholine rings is 1. The number of piperidine rings is 1. The highest BCUT2D eigenvalue weighted by atomic mass is 35.5. The molecule has 3 aliphatic heterocycles. The number of carbonyl (C=O) groups is 1. The van der Waals surface area contributed by atoms with Crippen LogP contribution in [0.15, 0.2) is 0 Å². The van der Waals surface area contributed by atoms with Gasteiger partial charge in [0.05, 0.1) is 24.4 Å². The minimum Gasteiger partial charge on any atom is -0.392 e. The van der Waals surface area contributed by atoms with Crippen molar-refractivity contribution in [3.05, 3.63) is 0 Å². The molecule has 3 saturated heterocycles. The number of hydrogen-bond donors (Lipinski definition) is 2. The van der Waals surface area contributed by atoms with Gasteiger partial charge in [-0.3, -0.25) is 9.69 Å². The third kappa shape index (κ3) is 6.22. The molecule has 2 N–H and O–H groups in total. The van der Waals surface area contributed by atoms with E-state index in [1.54, 1.807) is 0 Å². The lowest BCUT2D eigenvalue weighted by molar-refractivity contribution is -0.134. The number of halogens is 2. The van der Waals surface area contributed by atoms with E-state index in [2.05, 4.69) is 24.1 Å². The van der Waals surface area contributed by atoms with Crippen LogP contribution in [0, 0.1) is 5.92 Å². The van der Waals surface area contributed by atoms with Crippen LogP contribution in [0.3, 0.4) is 0 Å². The van der Waals surface area contributed by atoms with Crippen molar-refractivity contribution in [1.29, 1.82) is 0 Å². The van der Waals surface area contributed by atoms with Gasteiger partial charge in [0.15, 0.2) is 0 Å². The van der Waals surface area contributed by atoms with Gasteiger partial charge in [-0.25, -0.2) is 0 Å². The first-order valence-corrected chi connectivity index (χ1v) is 9.09. The van der Waals surface area contributed by atoms with Gasteiger partial charge < -0.3 is 20.1 Å². The highest BCUT2D eigenvalue weighted by Crippen LogP contribution is 2.22. The molecule has 0 aromatic carbocycles. The topological polar surface area (TPSA) is 65.0 Å². The first kappa shape index (κ1) is 22.9. The van der Waals surface area contributed by atoms with Gasteiger partial charge in [-0.2, -0.15) is 0 Å². The van der Waals surface area contributed by atoms with Crippen LogP contribution >= 0.6 is 24.8 Å². The van der Waals surface area contributed by atoms with E-state index in [0.29, 0.717) is 31.1 Å². The van der Waals surface area contributed by atoms with Gasteiger partial charge in [0, 0.05) is 39.3 Å². The number of aliphatic hydroxyl groups excluding tert-OH is 1. The minimum atomic E-state index is -0.369. The fourth-order valence-electron chi connectivity index (χ4n) is 4.26. The Hall–Kier alpha value is -0.110. The third-order valence-electron chi connectivity index (χ3n) is 5.34. The van der Waals surface area contributed by atoms with E-state index >= 15 is 0 Å². The van der Waals surface area contributed by atoms with E-state index in [1.165, 1.54) is 0 Å². The number of rotatable bonds is 3. The molecule has 0 saturated carbocycles. The Bertz CT molecular complexity index is 412. The molecule has 3 rings (SSSR count). The van der Waals surface area contributed by atoms with Gasteiger partial charge in [0.2, 0.25) is 5.91 Å². The molecule has 0 aromatic heterocycles. The van der Waals surface area contributed by atoms with Crippen molar-refractivity contribution in [2.75, 3.05) is 39.3 Å². The Morgan fingerprint density at radius 3 is 2.28 bits per heavy atom. The maximum Gasteiger partial charge on any atom is 0.239 e. The zero-order chi connectivity index (χ0) is 16.4. The summed E-state index contributed by atoms with van der Waals surface area (Å²) in [6.07, 6.45) is 3.00. The molecule has 0 aliphatic carbocycles. The van der Waals surface area contributed by atoms with Crippen molar-refractivity contribution >= 4 is 30.7 Å². The van der Waals surface area contributed by atoms with Crippen molar-refractivity contribution in [3.63, 3.8) is 0 Å². The lowest BCUT2D eigenvalue weighted by Crippen LogP contribution is -2.50. The maximum absolute atomic E-state index is 12.5. The minimum absolute atomic E-state index is 0. The largest absolute Gasteiger partial charge is 0.392 e. The molecule has 3 fully saturated rings. The van der Waals surface area contributed by atoms with Crippen molar-refractivity contribution in [2.24, 2.45) is 5.92 Å². The number of nitrogens with one attached hydrogen (secondary N) is 1. The van der Waals surface area contributed by atoms with Gasteiger partial charge in [-0.15, -0.1) is 24.8 Å². The summed E-state index contributed by atoms with van der Waals surface area (Å²) in [7, 11) is 0. The third-order valence-corrected chi connectivity index (χ3v) is 5.34. The zero-order valence-electron chi connectivity index (χ0n) is 15.2. The molecule has 148 valence electrons. The average molecular weight is 398 g/mol. The molecule has 0 bridgehead atoms. The van der Waals surface area contributed by atoms with Crippen LogP contribution in [0.5, 0.6) is 0 Å². The molecular weight excluding hydrogens is 365 g/mol. The van der Waals surface area contributed by atoms with Gasteiger partial charge in [0.1, 0.15) is 0 Å². The Morgan fingerprint density at radius 1 is 1.16 bits per heavy atom. The van der Waals surface area contributed by atoms with Crippen LogP contribution in [-0.2, 0) is 9.53 Å². The van der Waals surface area contributed by atoms with Crippen molar-refractivity contribution in [2.45, 2.75) is 57.5 Å². The second-order valence-corrected chi connectivity index (χ2v) is 7.59. The molecule has 4 atom stereocenters. The summed E-state index contributed by atoms with van der Waals surface area (Å²) in [4.78, 5) is 17.0. The van der Waals surface area contributed by atoms with Crippen molar-refractivity contribution < 1.29 is 14.6 Å². The van der Waals surface area contributed by atoms with E-state index in [0.717, 1.165) is 45.6 Å². The molecule has 0 spiro atoms. The summed E-state index contributed by atoms with van der Waals surface area (Å²) < 4.78 is 5.80. The fourth-order valence-corrected chi connectivity index (χ4v) is 4.26. The van der Waals surface area contributed by atoms with Gasteiger partial charge in [0.25, 0.3) is 0 Å². The lowest BCUT2D eigenvalue weighted by atomic mass is 9.95. The summed E-state index contributed by atoms with van der Waals surface area (Å²) in [6.45, 7) is 9.71. The van der Waals surface area contributed by atoms with Crippen molar-refractivity contribution in [3.8, 4) is 0 Å². The first-order valence-electron chi connectivity index (χ1n) is 9.09. The van der Waals surface area contributed by atoms with Crippen LogP contribution in [0.1, 0.15) is 33.1 Å². The molecule has 4 unspecified atom stereocenters. The molecule has 1 amide bonds. The van der Waals surface area contributed by atoms with Crippen LogP contribution in [-0.4, -0.2) is 84.4 Å². The van der Waals surface area contributed by atoms with Gasteiger partial charge >= 0.3 is 0 Å². The number of ether oxygens (including phenoxy) is 1. The van der Waals surface area contributed by atoms with Crippen LogP contribution in [0.25, 0.3) is 0 Å². The number of amides is 1. The SMILES string of the molecule is CC1CN(CC2CCN(C(=O)C3CC(O)CN3)CC2)CC(C)O1.Cl.Cl. The van der Waals surface area contributed by atoms with E-state index in [9.17, 15) is 9.90 Å². The Kier molecular flexibility index (Phi) is 9.43. The fraction of sp³-hybridized carbons (Fsp3) is 0.941. The molecule has 3 aliphatic rings. The Balaban J connectivity index is 0.00000156. The summed E-state index contributed by atoms with van der Waals surface area (Å²) in [5, 5.41) is 12.7. The zero-order valence-corrected chi connectivity index (χ0v) is 16.9. The standard InChI is InChI=1S/C17H31N3O3.2ClH/c1-12-9-19(10-13(2)23-12)11-14-3-5-20(6-4-14)17(22)16-7-15(21)8-18-16;;/h12-16,18,21H,3-11H2,1-2H3;2*1H. The Morgan fingerprint density at radius 2 is 1.76 bits per heavy atom. The van der Waals surface area contributed by atoms with Crippen LogP contribution in [0.4, 0.5) is 0 Å². The second kappa shape index (κ2) is 10.3. The molecular formula is C17H33Cl2N3O3. The number of hydrogen-bond acceptors (Lipinski definition) is 5. The first-order chi connectivity index (χ1) is 11.0. The normalized spacial score (nSPS) is 34.3. The highest BCUT2D eigenvalue weighted by molar-refractivity contribution is 5.85. The monoisotopic (exact) mass is 397 g/mol. The number of β-amino-alcohol motifs (C(OH)–C–C–N with tert-alkyl or cyclic N) is 1. The van der Waals surface area contributed by atoms with E-state index < -0.39 is 0 Å². The number of likely N-dealkylation sites (tertiary alicyclic amines) is 1. The summed E-state index contributed by atoms with van der Waals surface area (Å²) in [5.74, 6) is 0.854. The number of nitrogens with zero attached hydrogens (tertiary/aromatic N) is 2. The molecule has 3 heterocycles. The van der Waals surface area contributed by atoms with E-state index in [-0.39, 0.29) is 42.9 Å². The number of aliphatic hydroxyl groups is 1. The van der Waals surface area contributed by atoms with E-state index in [1.807, 2.05) is 4.90 Å². The molecule has 0 aromatic rings. The molecule has 8 heteroatoms. The number of carbonyl (C=O) groups excluding carboxylic acids is 1. The van der Waals surface area contributed by atoms with Crippen molar-refractivity contribution in [1.82, 2.24) is 15.1 Å². The highest BCUT2D eigenvalue weighted by Gasteiger charge is 2.33. The van der Waals surface area contributed by atoms with Crippen LogP contribution in [0.2, 0.25) is 0 Å². The quantitative estimate of drug-likeness (QED) is 0.740. The average Bonchev–Trinajstić information content (AvgIpc) is 2.93. The summed E-state index contributed by atoms with van der Waals surface area (Å²) in [5.41, 5.74) is 0. The Labute approximate surface area is 163 Å².